The van der Waals surface area contributed by atoms with Gasteiger partial charge in [-0.3, -0.25) is 4.79 Å². The van der Waals surface area contributed by atoms with Crippen LogP contribution in [0.5, 0.6) is 0 Å². The van der Waals surface area contributed by atoms with E-state index < -0.39 is 0 Å². The summed E-state index contributed by atoms with van der Waals surface area (Å²) in [6.07, 6.45) is 3.61. The SMILES string of the molecule is CC1COCCC1C(=O)C1=CCCO1. The Hall–Kier alpha value is -0.830. The molecule has 2 atom stereocenters. The van der Waals surface area contributed by atoms with Crippen LogP contribution in [0.4, 0.5) is 0 Å². The summed E-state index contributed by atoms with van der Waals surface area (Å²) >= 11 is 0. The average molecular weight is 196 g/mol. The molecule has 0 aromatic rings. The Labute approximate surface area is 84.1 Å². The van der Waals surface area contributed by atoms with Crippen LogP contribution >= 0.6 is 0 Å². The fourth-order valence-electron chi connectivity index (χ4n) is 2.04. The number of ketones is 1. The molecule has 0 aromatic heterocycles. The number of hydrogen-bond donors (Lipinski definition) is 0. The Balaban J connectivity index is 2.02. The molecule has 14 heavy (non-hydrogen) atoms. The van der Waals surface area contributed by atoms with Crippen molar-refractivity contribution in [2.24, 2.45) is 11.8 Å². The number of Topliss-reactive ketones (excluding diaryl/α,β-unsaturated/α-hetero) is 1. The van der Waals surface area contributed by atoms with Crippen LogP contribution in [0.3, 0.4) is 0 Å². The zero-order chi connectivity index (χ0) is 9.97. The number of carbonyl (C=O) groups excluding carboxylic acids is 1. The molecule has 2 aliphatic heterocycles. The highest BCUT2D eigenvalue weighted by Gasteiger charge is 2.31. The molecule has 0 spiro atoms. The van der Waals surface area contributed by atoms with Crippen molar-refractivity contribution in [3.8, 4) is 0 Å². The highest BCUT2D eigenvalue weighted by atomic mass is 16.5. The van der Waals surface area contributed by atoms with Crippen molar-refractivity contribution < 1.29 is 14.3 Å². The van der Waals surface area contributed by atoms with Crippen molar-refractivity contribution in [1.29, 1.82) is 0 Å². The van der Waals surface area contributed by atoms with E-state index >= 15 is 0 Å². The standard InChI is InChI=1S/C11H16O3/c1-8-7-13-6-4-9(8)11(12)10-3-2-5-14-10/h3,8-9H,2,4-7H2,1H3. The minimum absolute atomic E-state index is 0.105. The summed E-state index contributed by atoms with van der Waals surface area (Å²) in [5.74, 6) is 1.19. The Morgan fingerprint density at radius 3 is 3.00 bits per heavy atom. The average Bonchev–Trinajstić information content (AvgIpc) is 2.70. The molecule has 2 rings (SSSR count). The van der Waals surface area contributed by atoms with Crippen molar-refractivity contribution >= 4 is 5.78 Å². The molecule has 78 valence electrons. The molecule has 0 aromatic carbocycles. The van der Waals surface area contributed by atoms with Crippen molar-refractivity contribution in [2.75, 3.05) is 19.8 Å². The second kappa shape index (κ2) is 4.13. The lowest BCUT2D eigenvalue weighted by Crippen LogP contribution is -2.32. The minimum Gasteiger partial charge on any atom is -0.490 e. The molecule has 3 nitrogen and oxygen atoms in total. The quantitative estimate of drug-likeness (QED) is 0.672. The molecule has 2 aliphatic rings. The predicted octanol–water partition coefficient (Wildman–Crippen LogP) is 1.53. The van der Waals surface area contributed by atoms with E-state index in [4.69, 9.17) is 9.47 Å². The molecule has 0 amide bonds. The van der Waals surface area contributed by atoms with Crippen LogP contribution in [0.15, 0.2) is 11.8 Å². The Bertz CT molecular complexity index is 257. The topological polar surface area (TPSA) is 35.5 Å². The van der Waals surface area contributed by atoms with E-state index in [9.17, 15) is 4.79 Å². The van der Waals surface area contributed by atoms with Crippen LogP contribution in [0.2, 0.25) is 0 Å². The molecule has 1 fully saturated rings. The third-order valence-corrected chi connectivity index (χ3v) is 2.93. The van der Waals surface area contributed by atoms with Gasteiger partial charge in [0.1, 0.15) is 0 Å². The van der Waals surface area contributed by atoms with Gasteiger partial charge < -0.3 is 9.47 Å². The van der Waals surface area contributed by atoms with E-state index in [1.54, 1.807) is 0 Å². The van der Waals surface area contributed by atoms with Gasteiger partial charge in [0.05, 0.1) is 6.61 Å². The molecular weight excluding hydrogens is 180 g/mol. The maximum Gasteiger partial charge on any atom is 0.200 e. The first kappa shape index (κ1) is 9.71. The van der Waals surface area contributed by atoms with E-state index in [0.29, 0.717) is 31.5 Å². The summed E-state index contributed by atoms with van der Waals surface area (Å²) in [6, 6.07) is 0. The van der Waals surface area contributed by atoms with Gasteiger partial charge in [-0.15, -0.1) is 0 Å². The van der Waals surface area contributed by atoms with E-state index in [1.807, 2.05) is 6.08 Å². The molecule has 0 bridgehead atoms. The Kier molecular flexibility index (Phi) is 2.87. The number of hydrogen-bond acceptors (Lipinski definition) is 3. The number of ether oxygens (including phenoxy) is 2. The lowest BCUT2D eigenvalue weighted by Gasteiger charge is -2.27. The summed E-state index contributed by atoms with van der Waals surface area (Å²) in [4.78, 5) is 12.0. The van der Waals surface area contributed by atoms with Crippen molar-refractivity contribution in [2.45, 2.75) is 19.8 Å². The number of rotatable bonds is 2. The molecule has 1 saturated heterocycles. The molecule has 0 saturated carbocycles. The zero-order valence-electron chi connectivity index (χ0n) is 8.49. The van der Waals surface area contributed by atoms with E-state index in [0.717, 1.165) is 12.8 Å². The van der Waals surface area contributed by atoms with Gasteiger partial charge >= 0.3 is 0 Å². The van der Waals surface area contributed by atoms with Gasteiger partial charge in [-0.2, -0.15) is 0 Å². The summed E-state index contributed by atoms with van der Waals surface area (Å²) in [5, 5.41) is 0. The molecule has 0 radical (unpaired) electrons. The summed E-state index contributed by atoms with van der Waals surface area (Å²) < 4.78 is 10.6. The van der Waals surface area contributed by atoms with E-state index in [-0.39, 0.29) is 11.7 Å². The van der Waals surface area contributed by atoms with Crippen molar-refractivity contribution in [1.82, 2.24) is 0 Å². The summed E-state index contributed by atoms with van der Waals surface area (Å²) in [5.41, 5.74) is 0. The molecule has 0 aliphatic carbocycles. The van der Waals surface area contributed by atoms with Crippen LogP contribution in [-0.4, -0.2) is 25.6 Å². The van der Waals surface area contributed by atoms with E-state index in [2.05, 4.69) is 6.92 Å². The third kappa shape index (κ3) is 1.82. The Morgan fingerprint density at radius 1 is 1.50 bits per heavy atom. The molecule has 2 heterocycles. The van der Waals surface area contributed by atoms with Gasteiger partial charge in [-0.1, -0.05) is 6.92 Å². The van der Waals surface area contributed by atoms with E-state index in [1.165, 1.54) is 0 Å². The van der Waals surface area contributed by atoms with Crippen LogP contribution in [0.25, 0.3) is 0 Å². The van der Waals surface area contributed by atoms with Crippen molar-refractivity contribution in [3.05, 3.63) is 11.8 Å². The van der Waals surface area contributed by atoms with Crippen LogP contribution in [-0.2, 0) is 14.3 Å². The largest absolute Gasteiger partial charge is 0.490 e. The second-order valence-electron chi connectivity index (χ2n) is 4.02. The van der Waals surface area contributed by atoms with Gasteiger partial charge in [0.2, 0.25) is 5.78 Å². The Morgan fingerprint density at radius 2 is 2.36 bits per heavy atom. The monoisotopic (exact) mass is 196 g/mol. The molecular formula is C11H16O3. The summed E-state index contributed by atoms with van der Waals surface area (Å²) in [7, 11) is 0. The number of carbonyl (C=O) groups is 1. The highest BCUT2D eigenvalue weighted by molar-refractivity contribution is 5.95. The first-order valence-corrected chi connectivity index (χ1v) is 5.24. The fourth-order valence-corrected chi connectivity index (χ4v) is 2.04. The van der Waals surface area contributed by atoms with Crippen LogP contribution in [0.1, 0.15) is 19.8 Å². The predicted molar refractivity (Wildman–Crippen MR) is 51.7 cm³/mol. The molecule has 0 N–H and O–H groups in total. The van der Waals surface area contributed by atoms with Gasteiger partial charge in [0.25, 0.3) is 0 Å². The second-order valence-corrected chi connectivity index (χ2v) is 4.02. The minimum atomic E-state index is 0.105. The smallest absolute Gasteiger partial charge is 0.200 e. The first-order chi connectivity index (χ1) is 6.79. The van der Waals surface area contributed by atoms with Crippen molar-refractivity contribution in [3.63, 3.8) is 0 Å². The lowest BCUT2D eigenvalue weighted by molar-refractivity contribution is -0.127. The summed E-state index contributed by atoms with van der Waals surface area (Å²) in [6.45, 7) is 4.13. The van der Waals surface area contributed by atoms with Gasteiger partial charge in [-0.25, -0.2) is 0 Å². The lowest BCUT2D eigenvalue weighted by atomic mass is 9.85. The normalized spacial score (nSPS) is 32.2. The maximum absolute atomic E-state index is 12.0. The third-order valence-electron chi connectivity index (χ3n) is 2.93. The van der Waals surface area contributed by atoms with Gasteiger partial charge in [0, 0.05) is 25.6 Å². The van der Waals surface area contributed by atoms with Gasteiger partial charge in [-0.05, 0) is 18.4 Å². The van der Waals surface area contributed by atoms with Crippen LogP contribution < -0.4 is 0 Å². The van der Waals surface area contributed by atoms with Gasteiger partial charge in [0.15, 0.2) is 5.76 Å². The highest BCUT2D eigenvalue weighted by Crippen LogP contribution is 2.26. The maximum atomic E-state index is 12.0. The fraction of sp³-hybridized carbons (Fsp3) is 0.727. The molecule has 2 unspecified atom stereocenters. The molecule has 3 heteroatoms. The number of allylic oxidation sites excluding steroid dienone is 1. The zero-order valence-corrected chi connectivity index (χ0v) is 8.49. The first-order valence-electron chi connectivity index (χ1n) is 5.24. The van der Waals surface area contributed by atoms with Crippen LogP contribution in [0, 0.1) is 11.8 Å².